The summed E-state index contributed by atoms with van der Waals surface area (Å²) in [6, 6.07) is 3.01. The van der Waals surface area contributed by atoms with Crippen LogP contribution in [0.3, 0.4) is 0 Å². The first-order chi connectivity index (χ1) is 12.0. The van der Waals surface area contributed by atoms with Crippen molar-refractivity contribution in [2.24, 2.45) is 0 Å². The molecule has 0 saturated carbocycles. The molecule has 2 aliphatic rings. The number of aromatic carboxylic acids is 1. The molecule has 1 saturated heterocycles. The van der Waals surface area contributed by atoms with E-state index in [4.69, 9.17) is 16.3 Å². The van der Waals surface area contributed by atoms with Crippen molar-refractivity contribution in [1.82, 2.24) is 4.98 Å². The van der Waals surface area contributed by atoms with E-state index in [1.54, 1.807) is 6.07 Å². The van der Waals surface area contributed by atoms with Crippen molar-refractivity contribution >= 4 is 34.7 Å². The van der Waals surface area contributed by atoms with Crippen LogP contribution in [0.4, 0.5) is 10.2 Å². The summed E-state index contributed by atoms with van der Waals surface area (Å²) in [6.45, 7) is 1.76. The van der Waals surface area contributed by atoms with Crippen LogP contribution in [0.1, 0.15) is 33.0 Å². The summed E-state index contributed by atoms with van der Waals surface area (Å²) in [5.41, 5.74) is 0.516. The Morgan fingerprint density at radius 3 is 2.84 bits per heavy atom. The van der Waals surface area contributed by atoms with Gasteiger partial charge in [0.15, 0.2) is 11.6 Å². The first-order valence-electron chi connectivity index (χ1n) is 8.05. The number of ether oxygens (including phenoxy) is 1. The Bertz CT molecular complexity index is 833. The van der Waals surface area contributed by atoms with Crippen molar-refractivity contribution in [3.63, 3.8) is 0 Å². The average Bonchev–Trinajstić information content (AvgIpc) is 3.02. The highest BCUT2D eigenvalue weighted by molar-refractivity contribution is 7.14. The SMILES string of the molecule is O=C(O)c1cc2c(s1)CCOC21CCN(c2ncc(Cl)cc2F)CC1. The van der Waals surface area contributed by atoms with Crippen LogP contribution in [-0.4, -0.2) is 35.8 Å². The number of fused-ring (bicyclic) bond motifs is 2. The number of piperidine rings is 1. The number of rotatable bonds is 2. The molecule has 1 spiro atoms. The molecule has 132 valence electrons. The van der Waals surface area contributed by atoms with Gasteiger partial charge in [0.05, 0.1) is 17.2 Å². The number of thiophene rings is 1. The number of pyridine rings is 1. The standard InChI is InChI=1S/C17H16ClFN2O3S/c18-10-7-12(19)15(20-9-10)21-4-2-17(3-5-21)11-8-14(16(22)23)25-13(11)1-6-24-17/h7-9H,1-6H2,(H,22,23). The number of carbonyl (C=O) groups is 1. The van der Waals surface area contributed by atoms with Gasteiger partial charge >= 0.3 is 5.97 Å². The summed E-state index contributed by atoms with van der Waals surface area (Å²) in [7, 11) is 0. The van der Waals surface area contributed by atoms with Gasteiger partial charge in [0.25, 0.3) is 0 Å². The molecule has 0 atom stereocenters. The molecule has 2 aliphatic heterocycles. The summed E-state index contributed by atoms with van der Waals surface area (Å²) in [4.78, 5) is 18.7. The molecule has 0 unspecified atom stereocenters. The van der Waals surface area contributed by atoms with Gasteiger partial charge in [-0.1, -0.05) is 11.6 Å². The lowest BCUT2D eigenvalue weighted by Crippen LogP contribution is -2.46. The van der Waals surface area contributed by atoms with Gasteiger partial charge in [0, 0.05) is 30.6 Å². The highest BCUT2D eigenvalue weighted by Gasteiger charge is 2.42. The third-order valence-corrected chi connectivity index (χ3v) is 6.27. The summed E-state index contributed by atoms with van der Waals surface area (Å²) < 4.78 is 20.2. The molecule has 0 radical (unpaired) electrons. The third-order valence-electron chi connectivity index (χ3n) is 4.88. The van der Waals surface area contributed by atoms with E-state index < -0.39 is 17.4 Å². The molecule has 0 bridgehead atoms. The minimum absolute atomic E-state index is 0.273. The molecule has 2 aromatic heterocycles. The largest absolute Gasteiger partial charge is 0.477 e. The monoisotopic (exact) mass is 382 g/mol. The molecular weight excluding hydrogens is 367 g/mol. The summed E-state index contributed by atoms with van der Waals surface area (Å²) in [5.74, 6) is -1.04. The Labute approximate surface area is 153 Å². The fourth-order valence-electron chi connectivity index (χ4n) is 3.66. The third kappa shape index (κ3) is 2.90. The maximum Gasteiger partial charge on any atom is 0.345 e. The van der Waals surface area contributed by atoms with Crippen molar-refractivity contribution in [1.29, 1.82) is 0 Å². The molecule has 0 aliphatic carbocycles. The van der Waals surface area contributed by atoms with Gasteiger partial charge in [-0.25, -0.2) is 14.2 Å². The van der Waals surface area contributed by atoms with E-state index in [1.165, 1.54) is 23.6 Å². The summed E-state index contributed by atoms with van der Waals surface area (Å²) >= 11 is 7.10. The first kappa shape index (κ1) is 16.8. The molecule has 1 fully saturated rings. The van der Waals surface area contributed by atoms with Crippen LogP contribution in [0.2, 0.25) is 5.02 Å². The lowest BCUT2D eigenvalue weighted by Gasteiger charge is -2.44. The molecule has 0 amide bonds. The van der Waals surface area contributed by atoms with E-state index in [0.717, 1.165) is 16.9 Å². The van der Waals surface area contributed by atoms with Gasteiger partial charge in [0.2, 0.25) is 0 Å². The lowest BCUT2D eigenvalue weighted by molar-refractivity contribution is -0.0757. The Hall–Kier alpha value is -1.70. The van der Waals surface area contributed by atoms with Crippen LogP contribution < -0.4 is 4.90 Å². The van der Waals surface area contributed by atoms with Crippen LogP contribution >= 0.6 is 22.9 Å². The van der Waals surface area contributed by atoms with E-state index in [1.807, 2.05) is 4.90 Å². The normalized spacial score (nSPS) is 19.0. The molecule has 5 nitrogen and oxygen atoms in total. The fraction of sp³-hybridized carbons (Fsp3) is 0.412. The quantitative estimate of drug-likeness (QED) is 0.858. The van der Waals surface area contributed by atoms with Crippen LogP contribution in [-0.2, 0) is 16.8 Å². The second-order valence-corrected chi connectivity index (χ2v) is 7.86. The maximum atomic E-state index is 14.1. The van der Waals surface area contributed by atoms with E-state index in [0.29, 0.717) is 43.2 Å². The molecule has 25 heavy (non-hydrogen) atoms. The van der Waals surface area contributed by atoms with Gasteiger partial charge < -0.3 is 14.7 Å². The van der Waals surface area contributed by atoms with Crippen molar-refractivity contribution < 1.29 is 19.0 Å². The number of carboxylic acid groups (broad SMARTS) is 1. The number of halogens is 2. The molecule has 2 aromatic rings. The number of nitrogens with zero attached hydrogens (tertiary/aromatic N) is 2. The Morgan fingerprint density at radius 2 is 2.16 bits per heavy atom. The molecular formula is C17H16ClFN2O3S. The van der Waals surface area contributed by atoms with Gasteiger partial charge in [-0.3, -0.25) is 0 Å². The molecule has 1 N–H and O–H groups in total. The van der Waals surface area contributed by atoms with Crippen LogP contribution in [0.15, 0.2) is 18.3 Å². The van der Waals surface area contributed by atoms with Crippen molar-refractivity contribution in [3.8, 4) is 0 Å². The molecule has 8 heteroatoms. The Morgan fingerprint density at radius 1 is 1.40 bits per heavy atom. The van der Waals surface area contributed by atoms with E-state index in [2.05, 4.69) is 4.98 Å². The van der Waals surface area contributed by atoms with E-state index >= 15 is 0 Å². The number of carboxylic acids is 1. The molecule has 4 heterocycles. The van der Waals surface area contributed by atoms with Gasteiger partial charge in [-0.2, -0.15) is 0 Å². The predicted octanol–water partition coefficient (Wildman–Crippen LogP) is 3.70. The zero-order chi connectivity index (χ0) is 17.6. The van der Waals surface area contributed by atoms with E-state index in [-0.39, 0.29) is 5.02 Å². The highest BCUT2D eigenvalue weighted by atomic mass is 35.5. The predicted molar refractivity (Wildman–Crippen MR) is 93.3 cm³/mol. The summed E-state index contributed by atoms with van der Waals surface area (Å²) in [5, 5.41) is 9.54. The minimum atomic E-state index is -0.903. The van der Waals surface area contributed by atoms with Crippen molar-refractivity contribution in [3.05, 3.63) is 44.5 Å². The Kier molecular flexibility index (Phi) is 4.17. The summed E-state index contributed by atoms with van der Waals surface area (Å²) in [6.07, 6.45) is 3.52. The van der Waals surface area contributed by atoms with Gasteiger partial charge in [0.1, 0.15) is 4.88 Å². The fourth-order valence-corrected chi connectivity index (χ4v) is 4.87. The lowest BCUT2D eigenvalue weighted by atomic mass is 9.82. The zero-order valence-electron chi connectivity index (χ0n) is 13.3. The second kappa shape index (κ2) is 6.23. The van der Waals surface area contributed by atoms with Crippen LogP contribution in [0.5, 0.6) is 0 Å². The molecule has 0 aromatic carbocycles. The zero-order valence-corrected chi connectivity index (χ0v) is 14.9. The number of hydrogen-bond acceptors (Lipinski definition) is 5. The smallest absolute Gasteiger partial charge is 0.345 e. The number of anilines is 1. The van der Waals surface area contributed by atoms with Crippen molar-refractivity contribution in [2.75, 3.05) is 24.6 Å². The van der Waals surface area contributed by atoms with Crippen molar-refractivity contribution in [2.45, 2.75) is 24.9 Å². The molecule has 4 rings (SSSR count). The number of aromatic nitrogens is 1. The van der Waals surface area contributed by atoms with E-state index in [9.17, 15) is 14.3 Å². The maximum absolute atomic E-state index is 14.1. The number of hydrogen-bond donors (Lipinski definition) is 1. The average molecular weight is 383 g/mol. The van der Waals surface area contributed by atoms with Crippen LogP contribution in [0.25, 0.3) is 0 Å². The van der Waals surface area contributed by atoms with Gasteiger partial charge in [-0.15, -0.1) is 11.3 Å². The Balaban J connectivity index is 1.59. The second-order valence-electron chi connectivity index (χ2n) is 6.29. The van der Waals surface area contributed by atoms with Crippen LogP contribution in [0, 0.1) is 5.82 Å². The minimum Gasteiger partial charge on any atom is -0.477 e. The van der Waals surface area contributed by atoms with Gasteiger partial charge in [-0.05, 0) is 30.5 Å². The highest BCUT2D eigenvalue weighted by Crippen LogP contribution is 2.45. The first-order valence-corrected chi connectivity index (χ1v) is 9.24. The topological polar surface area (TPSA) is 62.7 Å².